The van der Waals surface area contributed by atoms with Crippen LogP contribution in [0.25, 0.3) is 21.8 Å². The van der Waals surface area contributed by atoms with Crippen LogP contribution in [0.1, 0.15) is 12.8 Å². The standard InChI is InChI=1S/C17H17N3O3/c21-11-4-3-10-18-17-12-6-1-2-7-13(12)19-14-8-5-9-15(16(14)17)20(22)23/h1-2,5-9,21H,3-4,10-11H2,(H,18,19). The van der Waals surface area contributed by atoms with Gasteiger partial charge in [-0.25, -0.2) is 4.98 Å². The molecule has 6 nitrogen and oxygen atoms in total. The molecule has 2 N–H and O–H groups in total. The lowest BCUT2D eigenvalue weighted by Gasteiger charge is -2.13. The third kappa shape index (κ3) is 2.93. The second kappa shape index (κ2) is 6.58. The number of benzene rings is 2. The lowest BCUT2D eigenvalue weighted by molar-refractivity contribution is -0.383. The summed E-state index contributed by atoms with van der Waals surface area (Å²) in [6, 6.07) is 12.5. The first-order valence-corrected chi connectivity index (χ1v) is 7.53. The van der Waals surface area contributed by atoms with E-state index in [1.54, 1.807) is 12.1 Å². The van der Waals surface area contributed by atoms with Crippen molar-refractivity contribution in [3.63, 3.8) is 0 Å². The second-order valence-corrected chi connectivity index (χ2v) is 5.29. The molecule has 118 valence electrons. The smallest absolute Gasteiger partial charge is 0.280 e. The number of nitro groups is 1. The Hall–Kier alpha value is -2.73. The van der Waals surface area contributed by atoms with Crippen LogP contribution >= 0.6 is 0 Å². The van der Waals surface area contributed by atoms with E-state index in [2.05, 4.69) is 10.3 Å². The fraction of sp³-hybridized carbons (Fsp3) is 0.235. The van der Waals surface area contributed by atoms with Crippen molar-refractivity contribution in [2.24, 2.45) is 0 Å². The first-order valence-electron chi connectivity index (χ1n) is 7.53. The molecule has 0 atom stereocenters. The van der Waals surface area contributed by atoms with Gasteiger partial charge in [0.05, 0.1) is 21.6 Å². The molecule has 0 aliphatic rings. The fourth-order valence-electron chi connectivity index (χ4n) is 2.71. The molecular weight excluding hydrogens is 294 g/mol. The van der Waals surface area contributed by atoms with E-state index in [-0.39, 0.29) is 17.2 Å². The van der Waals surface area contributed by atoms with Crippen LogP contribution in [0.15, 0.2) is 42.5 Å². The number of anilines is 1. The van der Waals surface area contributed by atoms with Gasteiger partial charge in [0.15, 0.2) is 0 Å². The Morgan fingerprint density at radius 2 is 1.87 bits per heavy atom. The molecule has 23 heavy (non-hydrogen) atoms. The molecule has 3 rings (SSSR count). The zero-order valence-electron chi connectivity index (χ0n) is 12.5. The maximum absolute atomic E-state index is 11.4. The number of pyridine rings is 1. The first kappa shape index (κ1) is 15.2. The monoisotopic (exact) mass is 311 g/mol. The number of hydrogen-bond acceptors (Lipinski definition) is 5. The number of rotatable bonds is 6. The highest BCUT2D eigenvalue weighted by Gasteiger charge is 2.18. The van der Waals surface area contributed by atoms with Gasteiger partial charge in [0.1, 0.15) is 5.39 Å². The summed E-state index contributed by atoms with van der Waals surface area (Å²) < 4.78 is 0. The minimum absolute atomic E-state index is 0.0467. The van der Waals surface area contributed by atoms with Crippen LogP contribution in [0.4, 0.5) is 11.4 Å². The van der Waals surface area contributed by atoms with Crippen molar-refractivity contribution in [3.05, 3.63) is 52.6 Å². The van der Waals surface area contributed by atoms with Crippen molar-refractivity contribution in [2.75, 3.05) is 18.5 Å². The summed E-state index contributed by atoms with van der Waals surface area (Å²) in [5, 5.41) is 25.0. The molecule has 0 spiro atoms. The number of aliphatic hydroxyl groups is 1. The molecule has 0 saturated heterocycles. The van der Waals surface area contributed by atoms with Gasteiger partial charge in [-0.05, 0) is 25.0 Å². The average Bonchev–Trinajstić information content (AvgIpc) is 2.57. The lowest BCUT2D eigenvalue weighted by Crippen LogP contribution is -2.05. The number of hydrogen-bond donors (Lipinski definition) is 2. The summed E-state index contributed by atoms with van der Waals surface area (Å²) >= 11 is 0. The molecular formula is C17H17N3O3. The largest absolute Gasteiger partial charge is 0.396 e. The number of unbranched alkanes of at least 4 members (excludes halogenated alkanes) is 1. The number of para-hydroxylation sites is 1. The van der Waals surface area contributed by atoms with Crippen LogP contribution in [0.2, 0.25) is 0 Å². The Balaban J connectivity index is 2.22. The lowest BCUT2D eigenvalue weighted by atomic mass is 10.1. The van der Waals surface area contributed by atoms with Gasteiger partial charge in [0, 0.05) is 24.6 Å². The average molecular weight is 311 g/mol. The Labute approximate surface area is 132 Å². The maximum Gasteiger partial charge on any atom is 0.280 e. The summed E-state index contributed by atoms with van der Waals surface area (Å²) in [6.45, 7) is 0.773. The summed E-state index contributed by atoms with van der Waals surface area (Å²) in [4.78, 5) is 15.6. The van der Waals surface area contributed by atoms with Crippen molar-refractivity contribution >= 4 is 33.2 Å². The Morgan fingerprint density at radius 3 is 2.65 bits per heavy atom. The van der Waals surface area contributed by atoms with Gasteiger partial charge < -0.3 is 10.4 Å². The first-order chi connectivity index (χ1) is 11.2. The minimum atomic E-state index is -0.377. The van der Waals surface area contributed by atoms with Crippen molar-refractivity contribution in [3.8, 4) is 0 Å². The minimum Gasteiger partial charge on any atom is -0.396 e. The topological polar surface area (TPSA) is 88.3 Å². The van der Waals surface area contributed by atoms with Gasteiger partial charge in [0.2, 0.25) is 0 Å². The number of fused-ring (bicyclic) bond motifs is 2. The molecule has 0 unspecified atom stereocenters. The summed E-state index contributed by atoms with van der Waals surface area (Å²) in [7, 11) is 0. The van der Waals surface area contributed by atoms with Crippen LogP contribution in [0, 0.1) is 10.1 Å². The number of nitro benzene ring substituents is 1. The Bertz CT molecular complexity index is 864. The van der Waals surface area contributed by atoms with E-state index in [0.717, 1.165) is 23.0 Å². The van der Waals surface area contributed by atoms with Crippen molar-refractivity contribution in [1.82, 2.24) is 4.98 Å². The van der Waals surface area contributed by atoms with Crippen molar-refractivity contribution in [2.45, 2.75) is 12.8 Å². The molecule has 1 aromatic heterocycles. The predicted molar refractivity (Wildman–Crippen MR) is 90.7 cm³/mol. The third-order valence-corrected chi connectivity index (χ3v) is 3.77. The van der Waals surface area contributed by atoms with E-state index in [1.165, 1.54) is 6.07 Å². The molecule has 0 bridgehead atoms. The normalized spacial score (nSPS) is 11.0. The maximum atomic E-state index is 11.4. The highest BCUT2D eigenvalue weighted by atomic mass is 16.6. The molecule has 0 aliphatic carbocycles. The van der Waals surface area contributed by atoms with Crippen LogP contribution in [0.5, 0.6) is 0 Å². The van der Waals surface area contributed by atoms with Gasteiger partial charge in [-0.15, -0.1) is 0 Å². The fourth-order valence-corrected chi connectivity index (χ4v) is 2.71. The van der Waals surface area contributed by atoms with Crippen LogP contribution in [-0.4, -0.2) is 28.2 Å². The molecule has 0 aliphatic heterocycles. The van der Waals surface area contributed by atoms with Crippen molar-refractivity contribution < 1.29 is 10.0 Å². The van der Waals surface area contributed by atoms with Crippen molar-refractivity contribution in [1.29, 1.82) is 0 Å². The van der Waals surface area contributed by atoms with Crippen LogP contribution in [-0.2, 0) is 0 Å². The Morgan fingerprint density at radius 1 is 1.09 bits per heavy atom. The van der Waals surface area contributed by atoms with Gasteiger partial charge >= 0.3 is 0 Å². The molecule has 0 radical (unpaired) electrons. The van der Waals surface area contributed by atoms with Crippen LogP contribution < -0.4 is 5.32 Å². The van der Waals surface area contributed by atoms with E-state index < -0.39 is 0 Å². The van der Waals surface area contributed by atoms with E-state index in [4.69, 9.17) is 5.11 Å². The van der Waals surface area contributed by atoms with Gasteiger partial charge in [-0.1, -0.05) is 24.3 Å². The predicted octanol–water partition coefficient (Wildman–Crippen LogP) is 3.48. The van der Waals surface area contributed by atoms with Gasteiger partial charge in [-0.2, -0.15) is 0 Å². The van der Waals surface area contributed by atoms with E-state index >= 15 is 0 Å². The number of aromatic nitrogens is 1. The second-order valence-electron chi connectivity index (χ2n) is 5.29. The molecule has 2 aromatic carbocycles. The highest BCUT2D eigenvalue weighted by Crippen LogP contribution is 2.36. The SMILES string of the molecule is O=[N+]([O-])c1cccc2nc3ccccc3c(NCCCCO)c12. The zero-order chi connectivity index (χ0) is 16.2. The van der Waals surface area contributed by atoms with Gasteiger partial charge in [-0.3, -0.25) is 10.1 Å². The molecule has 6 heteroatoms. The van der Waals surface area contributed by atoms with E-state index in [0.29, 0.717) is 23.9 Å². The quantitative estimate of drug-likeness (QED) is 0.315. The summed E-state index contributed by atoms with van der Waals surface area (Å²) in [5.74, 6) is 0. The number of aliphatic hydroxyl groups excluding tert-OH is 1. The Kier molecular flexibility index (Phi) is 4.34. The molecule has 0 amide bonds. The number of nitrogens with zero attached hydrogens (tertiary/aromatic N) is 2. The van der Waals surface area contributed by atoms with E-state index in [1.807, 2.05) is 24.3 Å². The van der Waals surface area contributed by atoms with E-state index in [9.17, 15) is 10.1 Å². The molecule has 1 heterocycles. The number of nitrogens with one attached hydrogen (secondary N) is 1. The van der Waals surface area contributed by atoms with Crippen LogP contribution in [0.3, 0.4) is 0 Å². The summed E-state index contributed by atoms with van der Waals surface area (Å²) in [5.41, 5.74) is 2.17. The third-order valence-electron chi connectivity index (χ3n) is 3.77. The molecule has 3 aromatic rings. The summed E-state index contributed by atoms with van der Waals surface area (Å²) in [6.07, 6.45) is 1.48. The highest BCUT2D eigenvalue weighted by molar-refractivity contribution is 6.11. The molecule has 0 fully saturated rings. The number of non-ortho nitro benzene ring substituents is 1. The zero-order valence-corrected chi connectivity index (χ0v) is 12.5. The molecule has 0 saturated carbocycles. The van der Waals surface area contributed by atoms with Gasteiger partial charge in [0.25, 0.3) is 5.69 Å².